The van der Waals surface area contributed by atoms with Crippen molar-refractivity contribution in [3.8, 4) is 5.69 Å². The molecule has 0 saturated heterocycles. The van der Waals surface area contributed by atoms with Crippen LogP contribution in [0.5, 0.6) is 0 Å². The van der Waals surface area contributed by atoms with Gasteiger partial charge in [-0.2, -0.15) is 5.10 Å². The maximum absolute atomic E-state index is 12.5. The molecule has 146 valence electrons. The molecule has 0 bridgehead atoms. The Kier molecular flexibility index (Phi) is 4.77. The van der Waals surface area contributed by atoms with Gasteiger partial charge in [0.1, 0.15) is 0 Å². The van der Waals surface area contributed by atoms with E-state index in [9.17, 15) is 9.59 Å². The highest BCUT2D eigenvalue weighted by molar-refractivity contribution is 5.93. The van der Waals surface area contributed by atoms with E-state index in [4.69, 9.17) is 10.5 Å². The molecule has 7 heteroatoms. The van der Waals surface area contributed by atoms with Crippen LogP contribution in [0.25, 0.3) is 11.3 Å². The van der Waals surface area contributed by atoms with Gasteiger partial charge in [-0.3, -0.25) is 4.79 Å². The summed E-state index contributed by atoms with van der Waals surface area (Å²) in [6.45, 7) is 5.03. The Morgan fingerprint density at radius 3 is 2.71 bits per heavy atom. The fourth-order valence-electron chi connectivity index (χ4n) is 4.06. The highest BCUT2D eigenvalue weighted by atomic mass is 16.5. The zero-order valence-corrected chi connectivity index (χ0v) is 16.1. The molecule has 0 spiro atoms. The first-order valence-electron chi connectivity index (χ1n) is 9.63. The molecule has 0 unspecified atom stereocenters. The van der Waals surface area contributed by atoms with Gasteiger partial charge in [0.25, 0.3) is 0 Å². The van der Waals surface area contributed by atoms with Crippen LogP contribution in [0.4, 0.5) is 0 Å². The highest BCUT2D eigenvalue weighted by Crippen LogP contribution is 2.38. The number of hydrogen-bond donors (Lipinski definition) is 2. The Morgan fingerprint density at radius 1 is 1.29 bits per heavy atom. The molecule has 1 amide bonds. The number of fused-ring (bicyclic) bond motifs is 2. The first-order chi connectivity index (χ1) is 13.5. The first kappa shape index (κ1) is 18.4. The van der Waals surface area contributed by atoms with Gasteiger partial charge in [-0.15, -0.1) is 0 Å². The number of amides is 1. The van der Waals surface area contributed by atoms with Crippen LogP contribution in [-0.2, 0) is 11.2 Å². The van der Waals surface area contributed by atoms with Crippen LogP contribution in [-0.4, -0.2) is 40.9 Å². The van der Waals surface area contributed by atoms with Crippen molar-refractivity contribution in [1.29, 1.82) is 0 Å². The van der Waals surface area contributed by atoms with Crippen molar-refractivity contribution < 1.29 is 14.3 Å². The molecule has 1 aliphatic carbocycles. The van der Waals surface area contributed by atoms with Crippen molar-refractivity contribution in [2.75, 3.05) is 13.2 Å². The zero-order chi connectivity index (χ0) is 19.8. The lowest BCUT2D eigenvalue weighted by molar-refractivity contribution is 0.0517. The molecule has 0 radical (unpaired) electrons. The van der Waals surface area contributed by atoms with Crippen LogP contribution in [0.1, 0.15) is 58.8 Å². The van der Waals surface area contributed by atoms with Crippen molar-refractivity contribution in [1.82, 2.24) is 15.1 Å². The molecular formula is C21H24N4O3. The smallest absolute Gasteiger partial charge is 0.359 e. The lowest BCUT2D eigenvalue weighted by Gasteiger charge is -2.30. The van der Waals surface area contributed by atoms with Crippen LogP contribution < -0.4 is 11.1 Å². The fraction of sp³-hybridized carbons (Fsp3) is 0.381. The van der Waals surface area contributed by atoms with E-state index in [0.717, 1.165) is 42.8 Å². The molecule has 1 aliphatic heterocycles. The summed E-state index contributed by atoms with van der Waals surface area (Å²) in [7, 11) is 0. The Morgan fingerprint density at radius 2 is 2.04 bits per heavy atom. The van der Waals surface area contributed by atoms with E-state index in [1.54, 1.807) is 35.9 Å². The van der Waals surface area contributed by atoms with Crippen LogP contribution in [0.2, 0.25) is 0 Å². The number of hydrogen-bond acceptors (Lipinski definition) is 5. The summed E-state index contributed by atoms with van der Waals surface area (Å²) >= 11 is 0. The number of nitrogens with zero attached hydrogens (tertiary/aromatic N) is 2. The monoisotopic (exact) mass is 380 g/mol. The Bertz CT molecular complexity index is 972. The fourth-order valence-corrected chi connectivity index (χ4v) is 4.06. The molecule has 0 saturated carbocycles. The second-order valence-corrected chi connectivity index (χ2v) is 7.29. The van der Waals surface area contributed by atoms with E-state index in [1.807, 2.05) is 0 Å². The molecular weight excluding hydrogens is 356 g/mol. The number of ether oxygens (including phenoxy) is 1. The van der Waals surface area contributed by atoms with Gasteiger partial charge in [0.15, 0.2) is 5.69 Å². The van der Waals surface area contributed by atoms with Gasteiger partial charge >= 0.3 is 5.97 Å². The average Bonchev–Trinajstić information content (AvgIpc) is 3.08. The molecule has 28 heavy (non-hydrogen) atoms. The summed E-state index contributed by atoms with van der Waals surface area (Å²) in [5, 5.41) is 8.14. The first-order valence-corrected chi connectivity index (χ1v) is 9.63. The van der Waals surface area contributed by atoms with Crippen molar-refractivity contribution in [2.45, 2.75) is 39.2 Å². The molecule has 1 aromatic carbocycles. The van der Waals surface area contributed by atoms with E-state index < -0.39 is 11.9 Å². The Hall–Kier alpha value is -2.93. The summed E-state index contributed by atoms with van der Waals surface area (Å²) in [5.41, 5.74) is 11.5. The van der Waals surface area contributed by atoms with Crippen molar-refractivity contribution in [2.24, 2.45) is 5.73 Å². The van der Waals surface area contributed by atoms with E-state index in [1.165, 1.54) is 11.1 Å². The molecule has 2 heterocycles. The minimum Gasteiger partial charge on any atom is -0.461 e. The second-order valence-electron chi connectivity index (χ2n) is 7.29. The van der Waals surface area contributed by atoms with Gasteiger partial charge in [-0.05, 0) is 62.9 Å². The average molecular weight is 380 g/mol. The normalized spacial score (nSPS) is 18.4. The number of rotatable bonds is 4. The van der Waals surface area contributed by atoms with Crippen molar-refractivity contribution >= 4 is 17.4 Å². The number of esters is 1. The number of aromatic nitrogens is 2. The van der Waals surface area contributed by atoms with E-state index in [0.29, 0.717) is 23.9 Å². The molecule has 0 fully saturated rings. The van der Waals surface area contributed by atoms with Gasteiger partial charge in [-0.25, -0.2) is 9.48 Å². The van der Waals surface area contributed by atoms with Crippen LogP contribution in [0, 0.1) is 0 Å². The maximum atomic E-state index is 12.5. The van der Waals surface area contributed by atoms with E-state index >= 15 is 0 Å². The van der Waals surface area contributed by atoms with Gasteiger partial charge < -0.3 is 15.8 Å². The van der Waals surface area contributed by atoms with Gasteiger partial charge in [0, 0.05) is 23.7 Å². The maximum Gasteiger partial charge on any atom is 0.359 e. The number of nitrogens with two attached hydrogens (primary N) is 1. The molecule has 1 atom stereocenters. The standard InChI is InChI=1S/C21H24N4O3/c1-3-28-21(27)18-16-9-6-14-10-12(2)23-11-17(14)19(16)25(24-18)15-7-4-13(5-8-15)20(22)26/h4-5,7-8,12,23H,3,6,9-11H2,1-2H3,(H2,22,26)/t12-/m1/s1. The van der Waals surface area contributed by atoms with E-state index in [2.05, 4.69) is 17.3 Å². The number of nitrogens with one attached hydrogen (secondary N) is 1. The quantitative estimate of drug-likeness (QED) is 0.793. The lowest BCUT2D eigenvalue weighted by atomic mass is 9.83. The number of benzene rings is 1. The van der Waals surface area contributed by atoms with Crippen LogP contribution >= 0.6 is 0 Å². The van der Waals surface area contributed by atoms with Gasteiger partial charge in [-0.1, -0.05) is 5.57 Å². The minimum absolute atomic E-state index is 0.306. The summed E-state index contributed by atoms with van der Waals surface area (Å²) in [4.78, 5) is 23.9. The second kappa shape index (κ2) is 7.24. The molecule has 1 aromatic heterocycles. The Balaban J connectivity index is 1.87. The number of carbonyl (C=O) groups excluding carboxylic acids is 2. The highest BCUT2D eigenvalue weighted by Gasteiger charge is 2.32. The summed E-state index contributed by atoms with van der Waals surface area (Å²) in [5.74, 6) is -0.871. The Labute approximate surface area is 163 Å². The summed E-state index contributed by atoms with van der Waals surface area (Å²) in [6, 6.07) is 7.40. The van der Waals surface area contributed by atoms with Crippen LogP contribution in [0.15, 0.2) is 29.8 Å². The van der Waals surface area contributed by atoms with Crippen molar-refractivity contribution in [3.05, 3.63) is 52.4 Å². The number of carbonyl (C=O) groups is 2. The predicted molar refractivity (Wildman–Crippen MR) is 105 cm³/mol. The third-order valence-corrected chi connectivity index (χ3v) is 5.42. The molecule has 7 nitrogen and oxygen atoms in total. The number of primary amides is 1. The zero-order valence-electron chi connectivity index (χ0n) is 16.1. The molecule has 3 N–H and O–H groups in total. The van der Waals surface area contributed by atoms with Gasteiger partial charge in [0.2, 0.25) is 5.91 Å². The van der Waals surface area contributed by atoms with Gasteiger partial charge in [0.05, 0.1) is 18.0 Å². The predicted octanol–water partition coefficient (Wildman–Crippen LogP) is 2.23. The third kappa shape index (κ3) is 3.11. The van der Waals surface area contributed by atoms with Crippen LogP contribution in [0.3, 0.4) is 0 Å². The summed E-state index contributed by atoms with van der Waals surface area (Å²) < 4.78 is 7.04. The van der Waals surface area contributed by atoms with E-state index in [-0.39, 0.29) is 0 Å². The molecule has 2 aliphatic rings. The third-order valence-electron chi connectivity index (χ3n) is 5.42. The summed E-state index contributed by atoms with van der Waals surface area (Å²) in [6.07, 6.45) is 2.71. The molecule has 2 aromatic rings. The molecule has 4 rings (SSSR count). The lowest BCUT2D eigenvalue weighted by Crippen LogP contribution is -2.34. The largest absolute Gasteiger partial charge is 0.461 e. The SMILES string of the molecule is CCOC(=O)c1nn(-c2ccc(C(N)=O)cc2)c2c1CCC1=C2CN[C@H](C)C1. The minimum atomic E-state index is -0.475. The topological polar surface area (TPSA) is 99.2 Å². The van der Waals surface area contributed by atoms with Crippen molar-refractivity contribution in [3.63, 3.8) is 0 Å².